The van der Waals surface area contributed by atoms with E-state index in [1.807, 2.05) is 0 Å². The number of rotatable bonds is 5. The van der Waals surface area contributed by atoms with Gasteiger partial charge in [0.15, 0.2) is 0 Å². The fourth-order valence-electron chi connectivity index (χ4n) is 0.610. The molecule has 1 aromatic heterocycles. The molecule has 13 heavy (non-hydrogen) atoms. The molecule has 0 aromatic carbocycles. The van der Waals surface area contributed by atoms with Crippen LogP contribution < -0.4 is 0 Å². The molecule has 0 aliphatic heterocycles. The number of thioether (sulfide) groups is 1. The molecular formula is C6H9N4O2S. The Labute approximate surface area is 79.4 Å². The number of nitrogens with one attached hydrogen (secondary N) is 1. The Balaban J connectivity index is 2.05. The average Bonchev–Trinajstić information content (AvgIpc) is 2.64. The molecule has 0 spiro atoms. The van der Waals surface area contributed by atoms with Gasteiger partial charge >= 0.3 is 5.97 Å². The second-order valence-electron chi connectivity index (χ2n) is 2.09. The van der Waals surface area contributed by atoms with Crippen LogP contribution in [0.25, 0.3) is 0 Å². The van der Waals surface area contributed by atoms with E-state index >= 15 is 0 Å². The molecule has 0 aliphatic carbocycles. The van der Waals surface area contributed by atoms with Crippen molar-refractivity contribution in [1.82, 2.24) is 20.6 Å². The first-order chi connectivity index (χ1) is 6.33. The molecule has 0 atom stereocenters. The lowest BCUT2D eigenvalue weighted by Crippen LogP contribution is -2.00. The van der Waals surface area contributed by atoms with E-state index < -0.39 is 0 Å². The van der Waals surface area contributed by atoms with E-state index in [1.165, 1.54) is 18.9 Å². The summed E-state index contributed by atoms with van der Waals surface area (Å²) in [5, 5.41) is 13.7. The summed E-state index contributed by atoms with van der Waals surface area (Å²) in [4.78, 5) is 10.7. The van der Waals surface area contributed by atoms with Crippen LogP contribution in [-0.4, -0.2) is 39.5 Å². The number of esters is 1. The summed E-state index contributed by atoms with van der Waals surface area (Å²) in [6.45, 7) is 0. The molecule has 1 aromatic rings. The van der Waals surface area contributed by atoms with Gasteiger partial charge in [-0.1, -0.05) is 11.8 Å². The lowest BCUT2D eigenvalue weighted by molar-refractivity contribution is -0.139. The van der Waals surface area contributed by atoms with Crippen LogP contribution in [0.3, 0.4) is 0 Å². The van der Waals surface area contributed by atoms with Crippen LogP contribution in [0.4, 0.5) is 0 Å². The van der Waals surface area contributed by atoms with Crippen LogP contribution in [0.15, 0.2) is 5.16 Å². The minimum Gasteiger partial charge on any atom is -0.469 e. The highest BCUT2D eigenvalue weighted by molar-refractivity contribution is 7.99. The summed E-state index contributed by atoms with van der Waals surface area (Å²) in [6.07, 6.45) is 2.12. The van der Waals surface area contributed by atoms with E-state index in [9.17, 15) is 4.79 Å². The predicted octanol–water partition coefficient (Wildman–Crippen LogP) is 0.0592. The number of H-pyrrole nitrogens is 1. The van der Waals surface area contributed by atoms with Gasteiger partial charge in [-0.2, -0.15) is 0 Å². The third kappa shape index (κ3) is 3.88. The van der Waals surface area contributed by atoms with Crippen molar-refractivity contribution in [2.24, 2.45) is 0 Å². The molecule has 1 radical (unpaired) electrons. The smallest absolute Gasteiger partial charge is 0.305 e. The van der Waals surface area contributed by atoms with Gasteiger partial charge in [-0.25, -0.2) is 5.10 Å². The summed E-state index contributed by atoms with van der Waals surface area (Å²) < 4.78 is 4.46. The Bertz CT molecular complexity index is 251. The number of aromatic amines is 1. The van der Waals surface area contributed by atoms with Gasteiger partial charge in [0.05, 0.1) is 7.11 Å². The summed E-state index contributed by atoms with van der Waals surface area (Å²) >= 11 is 1.42. The maximum Gasteiger partial charge on any atom is 0.305 e. The zero-order chi connectivity index (χ0) is 9.52. The molecule has 1 heterocycles. The fourth-order valence-corrected chi connectivity index (χ4v) is 1.20. The number of carbonyl (C=O) groups is 1. The fraction of sp³-hybridized carbons (Fsp3) is 0.500. The van der Waals surface area contributed by atoms with Crippen LogP contribution in [-0.2, 0) is 9.53 Å². The van der Waals surface area contributed by atoms with E-state index in [-0.39, 0.29) is 5.97 Å². The molecule has 0 aliphatic rings. The minimum atomic E-state index is -0.240. The monoisotopic (exact) mass is 201 g/mol. The lowest BCUT2D eigenvalue weighted by Gasteiger charge is -1.96. The SMILES string of the molecule is COC(=O)C[CH]CSc1nnn[nH]1. The van der Waals surface area contributed by atoms with Crippen molar-refractivity contribution in [2.75, 3.05) is 12.9 Å². The Morgan fingerprint density at radius 3 is 3.23 bits per heavy atom. The molecule has 6 nitrogen and oxygen atoms in total. The van der Waals surface area contributed by atoms with Gasteiger partial charge in [0.2, 0.25) is 5.16 Å². The standard InChI is InChI=1S/C6H9N4O2S/c1-12-5(11)3-2-4-13-6-7-9-10-8-6/h2H,3-4H2,1H3,(H,7,8,9,10). The molecule has 0 bridgehead atoms. The van der Waals surface area contributed by atoms with Crippen LogP contribution in [0.1, 0.15) is 6.42 Å². The Morgan fingerprint density at radius 1 is 1.77 bits per heavy atom. The number of nitrogens with zero attached hydrogens (tertiary/aromatic N) is 3. The number of hydrogen-bond donors (Lipinski definition) is 1. The minimum absolute atomic E-state index is 0.240. The van der Waals surface area contributed by atoms with Crippen molar-refractivity contribution in [3.63, 3.8) is 0 Å². The van der Waals surface area contributed by atoms with Gasteiger partial charge in [-0.15, -0.1) is 5.10 Å². The quantitative estimate of drug-likeness (QED) is 0.412. The molecule has 7 heteroatoms. The topological polar surface area (TPSA) is 80.8 Å². The number of tetrazole rings is 1. The van der Waals surface area contributed by atoms with E-state index in [4.69, 9.17) is 0 Å². The highest BCUT2D eigenvalue weighted by atomic mass is 32.2. The lowest BCUT2D eigenvalue weighted by atomic mass is 10.3. The third-order valence-electron chi connectivity index (χ3n) is 1.20. The van der Waals surface area contributed by atoms with Crippen LogP contribution in [0, 0.1) is 6.42 Å². The first-order valence-electron chi connectivity index (χ1n) is 3.58. The largest absolute Gasteiger partial charge is 0.469 e. The van der Waals surface area contributed by atoms with Gasteiger partial charge in [-0.05, 0) is 16.8 Å². The van der Waals surface area contributed by atoms with Crippen LogP contribution in [0.5, 0.6) is 0 Å². The zero-order valence-corrected chi connectivity index (χ0v) is 7.87. The van der Waals surface area contributed by atoms with Crippen LogP contribution in [0.2, 0.25) is 0 Å². The number of aromatic nitrogens is 4. The van der Waals surface area contributed by atoms with Gasteiger partial charge in [0.1, 0.15) is 0 Å². The van der Waals surface area contributed by atoms with Crippen molar-refractivity contribution in [2.45, 2.75) is 11.6 Å². The van der Waals surface area contributed by atoms with Crippen molar-refractivity contribution >= 4 is 17.7 Å². The Kier molecular flexibility index (Phi) is 4.24. The first-order valence-corrected chi connectivity index (χ1v) is 4.56. The molecule has 0 amide bonds. The second kappa shape index (κ2) is 5.52. The molecule has 0 fully saturated rings. The number of methoxy groups -OCH3 is 1. The van der Waals surface area contributed by atoms with Crippen LogP contribution >= 0.6 is 11.8 Å². The maximum atomic E-state index is 10.7. The van der Waals surface area contributed by atoms with Crippen molar-refractivity contribution in [1.29, 1.82) is 0 Å². The van der Waals surface area contributed by atoms with Crippen molar-refractivity contribution < 1.29 is 9.53 Å². The number of ether oxygens (including phenoxy) is 1. The predicted molar refractivity (Wildman–Crippen MR) is 45.8 cm³/mol. The Hall–Kier alpha value is -1.11. The maximum absolute atomic E-state index is 10.7. The van der Waals surface area contributed by atoms with E-state index in [0.717, 1.165) is 0 Å². The molecule has 1 rings (SSSR count). The first kappa shape index (κ1) is 9.97. The summed E-state index contributed by atoms with van der Waals surface area (Å²) in [5.41, 5.74) is 0. The average molecular weight is 201 g/mol. The highest BCUT2D eigenvalue weighted by Gasteiger charge is 2.01. The number of hydrogen-bond acceptors (Lipinski definition) is 6. The van der Waals surface area contributed by atoms with Crippen molar-refractivity contribution in [3.8, 4) is 0 Å². The molecule has 0 saturated heterocycles. The zero-order valence-electron chi connectivity index (χ0n) is 7.06. The van der Waals surface area contributed by atoms with Gasteiger partial charge in [-0.3, -0.25) is 4.79 Å². The van der Waals surface area contributed by atoms with E-state index in [1.54, 1.807) is 6.42 Å². The molecule has 0 saturated carbocycles. The summed E-state index contributed by atoms with van der Waals surface area (Å²) in [5.74, 6) is 0.433. The van der Waals surface area contributed by atoms with E-state index in [2.05, 4.69) is 25.4 Å². The summed E-state index contributed by atoms with van der Waals surface area (Å²) in [6, 6.07) is 0. The normalized spacial score (nSPS) is 9.92. The summed E-state index contributed by atoms with van der Waals surface area (Å²) in [7, 11) is 1.36. The molecule has 71 valence electrons. The highest BCUT2D eigenvalue weighted by Crippen LogP contribution is 2.11. The Morgan fingerprint density at radius 2 is 2.62 bits per heavy atom. The number of carbonyl (C=O) groups excluding carboxylic acids is 1. The van der Waals surface area contributed by atoms with Gasteiger partial charge in [0, 0.05) is 12.2 Å². The van der Waals surface area contributed by atoms with E-state index in [0.29, 0.717) is 17.3 Å². The molecule has 1 N–H and O–H groups in total. The second-order valence-corrected chi connectivity index (χ2v) is 3.10. The van der Waals surface area contributed by atoms with Gasteiger partial charge in [0.25, 0.3) is 0 Å². The molecular weight excluding hydrogens is 192 g/mol. The van der Waals surface area contributed by atoms with Gasteiger partial charge < -0.3 is 4.74 Å². The third-order valence-corrected chi connectivity index (χ3v) is 2.05. The van der Waals surface area contributed by atoms with Crippen molar-refractivity contribution in [3.05, 3.63) is 6.42 Å². The molecule has 0 unspecified atom stereocenters.